The Bertz CT molecular complexity index is 882. The lowest BCUT2D eigenvalue weighted by molar-refractivity contribution is -0.141. The van der Waals surface area contributed by atoms with Gasteiger partial charge in [-0.15, -0.1) is 0 Å². The predicted octanol–water partition coefficient (Wildman–Crippen LogP) is 2.54. The number of fused-ring (bicyclic) bond motifs is 1. The van der Waals surface area contributed by atoms with Crippen molar-refractivity contribution in [3.8, 4) is 11.5 Å². The number of benzene rings is 1. The van der Waals surface area contributed by atoms with Crippen molar-refractivity contribution in [1.82, 2.24) is 4.90 Å². The minimum atomic E-state index is -0.665. The summed E-state index contributed by atoms with van der Waals surface area (Å²) < 4.78 is 21.0. The van der Waals surface area contributed by atoms with Gasteiger partial charge in [-0.1, -0.05) is 17.8 Å². The van der Waals surface area contributed by atoms with Crippen LogP contribution >= 0.6 is 11.8 Å². The van der Waals surface area contributed by atoms with Crippen molar-refractivity contribution in [1.29, 1.82) is 0 Å². The average Bonchev–Trinajstić information content (AvgIpc) is 2.99. The van der Waals surface area contributed by atoms with Crippen molar-refractivity contribution >= 4 is 28.8 Å². The molecule has 1 aromatic carbocycles. The van der Waals surface area contributed by atoms with E-state index in [1.54, 1.807) is 31.1 Å². The van der Waals surface area contributed by atoms with Crippen molar-refractivity contribution in [2.24, 2.45) is 4.99 Å². The maximum absolute atomic E-state index is 12.9. The molecule has 0 aromatic heterocycles. The first kappa shape index (κ1) is 21.2. The molecule has 2 heterocycles. The molecule has 0 unspecified atom stereocenters. The third-order valence-electron chi connectivity index (χ3n) is 4.72. The van der Waals surface area contributed by atoms with Crippen LogP contribution in [-0.2, 0) is 19.1 Å². The van der Waals surface area contributed by atoms with Gasteiger partial charge in [-0.3, -0.25) is 9.69 Å². The molecule has 1 amide bonds. The number of carbonyl (C=O) groups is 2. The topological polar surface area (TPSA) is 86.7 Å². The third kappa shape index (κ3) is 3.97. The zero-order valence-electron chi connectivity index (χ0n) is 17.1. The van der Waals surface area contributed by atoms with Crippen LogP contribution in [0.5, 0.6) is 11.5 Å². The molecule has 0 radical (unpaired) electrons. The van der Waals surface area contributed by atoms with Crippen molar-refractivity contribution in [3.63, 3.8) is 0 Å². The van der Waals surface area contributed by atoms with E-state index >= 15 is 0 Å². The first-order valence-corrected chi connectivity index (χ1v) is 9.98. The van der Waals surface area contributed by atoms with Crippen molar-refractivity contribution in [2.45, 2.75) is 25.1 Å². The van der Waals surface area contributed by atoms with Gasteiger partial charge in [0, 0.05) is 7.11 Å². The number of rotatable bonds is 7. The summed E-state index contributed by atoms with van der Waals surface area (Å²) in [6.45, 7) is 3.97. The third-order valence-corrected chi connectivity index (χ3v) is 5.78. The molecule has 0 saturated carbocycles. The van der Waals surface area contributed by atoms with Crippen molar-refractivity contribution < 1.29 is 28.5 Å². The highest BCUT2D eigenvalue weighted by Gasteiger charge is 2.46. The number of hydrogen-bond acceptors (Lipinski definition) is 8. The number of allylic oxidation sites excluding steroid dienone is 1. The van der Waals surface area contributed by atoms with Crippen LogP contribution in [-0.4, -0.2) is 61.7 Å². The van der Waals surface area contributed by atoms with E-state index in [9.17, 15) is 9.59 Å². The Balaban J connectivity index is 2.09. The van der Waals surface area contributed by atoms with Gasteiger partial charge < -0.3 is 18.9 Å². The van der Waals surface area contributed by atoms with Gasteiger partial charge in [-0.05, 0) is 31.5 Å². The summed E-state index contributed by atoms with van der Waals surface area (Å²) in [5.41, 5.74) is 1.55. The fourth-order valence-electron chi connectivity index (χ4n) is 3.30. The molecule has 9 heteroatoms. The average molecular weight is 420 g/mol. The molecular weight excluding hydrogens is 396 g/mol. The van der Waals surface area contributed by atoms with Gasteiger partial charge in [0.15, 0.2) is 16.7 Å². The van der Waals surface area contributed by atoms with Crippen LogP contribution in [0.4, 0.5) is 0 Å². The van der Waals surface area contributed by atoms with Crippen LogP contribution in [0.2, 0.25) is 0 Å². The minimum Gasteiger partial charge on any atom is -0.493 e. The number of ether oxygens (including phenoxy) is 4. The van der Waals surface area contributed by atoms with E-state index in [-0.39, 0.29) is 24.4 Å². The number of hydrogen-bond donors (Lipinski definition) is 0. The number of carbonyl (C=O) groups excluding carboxylic acids is 2. The summed E-state index contributed by atoms with van der Waals surface area (Å²) in [7, 11) is 4.62. The number of nitrogens with zero attached hydrogens (tertiary/aromatic N) is 2. The van der Waals surface area contributed by atoms with Crippen LogP contribution in [0.25, 0.3) is 0 Å². The Morgan fingerprint density at radius 3 is 2.55 bits per heavy atom. The number of aliphatic imine (C=N–C) groups is 1. The Labute approximate surface area is 173 Å². The number of methoxy groups -OCH3 is 3. The molecule has 3 rings (SSSR count). The minimum absolute atomic E-state index is 0.108. The summed E-state index contributed by atoms with van der Waals surface area (Å²) in [6.07, 6.45) is 0. The predicted molar refractivity (Wildman–Crippen MR) is 109 cm³/mol. The van der Waals surface area contributed by atoms with E-state index in [1.165, 1.54) is 26.0 Å². The lowest BCUT2D eigenvalue weighted by Crippen LogP contribution is -2.40. The zero-order valence-corrected chi connectivity index (χ0v) is 17.9. The molecule has 1 saturated heterocycles. The summed E-state index contributed by atoms with van der Waals surface area (Å²) in [5, 5.41) is 0.293. The molecule has 2 atom stereocenters. The molecule has 0 aliphatic carbocycles. The molecule has 0 spiro atoms. The summed E-state index contributed by atoms with van der Waals surface area (Å²) in [4.78, 5) is 31.9. The second kappa shape index (κ2) is 8.87. The highest BCUT2D eigenvalue weighted by molar-refractivity contribution is 8.15. The first-order valence-electron chi connectivity index (χ1n) is 9.10. The van der Waals surface area contributed by atoms with Crippen molar-refractivity contribution in [2.75, 3.05) is 34.5 Å². The van der Waals surface area contributed by atoms with Crippen LogP contribution in [0.1, 0.15) is 25.5 Å². The van der Waals surface area contributed by atoms with Crippen LogP contribution in [0, 0.1) is 0 Å². The van der Waals surface area contributed by atoms with E-state index in [2.05, 4.69) is 4.99 Å². The SMILES string of the molecule is COCCOC(=O)C1=C(C)N=C2S[C@@H](C)C(=O)N2[C@H]1c1ccc(OC)c(OC)c1. The van der Waals surface area contributed by atoms with Crippen LogP contribution in [0.15, 0.2) is 34.5 Å². The van der Waals surface area contributed by atoms with Gasteiger partial charge >= 0.3 is 5.97 Å². The van der Waals surface area contributed by atoms with E-state index in [4.69, 9.17) is 18.9 Å². The smallest absolute Gasteiger partial charge is 0.338 e. The second-order valence-electron chi connectivity index (χ2n) is 6.51. The highest BCUT2D eigenvalue weighted by Crippen LogP contribution is 2.44. The molecule has 0 bridgehead atoms. The first-order chi connectivity index (χ1) is 13.9. The van der Waals surface area contributed by atoms with E-state index in [1.807, 2.05) is 13.0 Å². The second-order valence-corrected chi connectivity index (χ2v) is 7.82. The number of amidine groups is 1. The standard InChI is InChI=1S/C20H24N2O6S/c1-11-16(19(24)28-9-8-25-3)17(22-18(23)12(2)29-20(22)21-11)13-6-7-14(26-4)15(10-13)27-5/h6-7,10,12,17H,8-9H2,1-5H3/t12-,17-/m0/s1. The molecule has 2 aliphatic rings. The van der Waals surface area contributed by atoms with Gasteiger partial charge in [0.25, 0.3) is 0 Å². The Morgan fingerprint density at radius 2 is 1.90 bits per heavy atom. The number of esters is 1. The monoisotopic (exact) mass is 420 g/mol. The van der Waals surface area contributed by atoms with Gasteiger partial charge in [0.05, 0.1) is 43.4 Å². The maximum atomic E-state index is 12.9. The highest BCUT2D eigenvalue weighted by atomic mass is 32.2. The van der Waals surface area contributed by atoms with Crippen LogP contribution in [0.3, 0.4) is 0 Å². The molecule has 1 fully saturated rings. The number of thioether (sulfide) groups is 1. The Hall–Kier alpha value is -2.52. The van der Waals surface area contributed by atoms with Gasteiger partial charge in [0.1, 0.15) is 6.61 Å². The Kier molecular flexibility index (Phi) is 6.49. The molecule has 2 aliphatic heterocycles. The van der Waals surface area contributed by atoms with Gasteiger partial charge in [-0.2, -0.15) is 0 Å². The van der Waals surface area contributed by atoms with E-state index in [0.29, 0.717) is 33.5 Å². The van der Waals surface area contributed by atoms with Crippen LogP contribution < -0.4 is 9.47 Å². The van der Waals surface area contributed by atoms with E-state index in [0.717, 1.165) is 0 Å². The molecule has 8 nitrogen and oxygen atoms in total. The maximum Gasteiger partial charge on any atom is 0.338 e. The molecule has 1 aromatic rings. The quantitative estimate of drug-likeness (QED) is 0.495. The lowest BCUT2D eigenvalue weighted by Gasteiger charge is -2.33. The number of amides is 1. The summed E-state index contributed by atoms with van der Waals surface area (Å²) in [6, 6.07) is 4.66. The fourth-order valence-corrected chi connectivity index (χ4v) is 4.33. The lowest BCUT2D eigenvalue weighted by atomic mass is 9.94. The fraction of sp³-hybridized carbons (Fsp3) is 0.450. The molecule has 29 heavy (non-hydrogen) atoms. The van der Waals surface area contributed by atoms with Gasteiger partial charge in [-0.25, -0.2) is 9.79 Å². The van der Waals surface area contributed by atoms with Crippen molar-refractivity contribution in [3.05, 3.63) is 35.0 Å². The summed E-state index contributed by atoms with van der Waals surface area (Å²) >= 11 is 1.38. The Morgan fingerprint density at radius 1 is 1.17 bits per heavy atom. The molecule has 156 valence electrons. The molecule has 0 N–H and O–H groups in total. The largest absolute Gasteiger partial charge is 0.493 e. The van der Waals surface area contributed by atoms with E-state index < -0.39 is 12.0 Å². The summed E-state index contributed by atoms with van der Waals surface area (Å²) in [5.74, 6) is 0.426. The molecular formula is C20H24N2O6S. The normalized spacial score (nSPS) is 21.1. The van der Waals surface area contributed by atoms with Gasteiger partial charge in [0.2, 0.25) is 5.91 Å². The zero-order chi connectivity index (χ0) is 21.1.